The molecule has 136 valence electrons. The lowest BCUT2D eigenvalue weighted by atomic mass is 10.0. The van der Waals surface area contributed by atoms with Crippen molar-refractivity contribution >= 4 is 23.5 Å². The second-order valence-corrected chi connectivity index (χ2v) is 6.69. The molecule has 0 radical (unpaired) electrons. The SMILES string of the molecule is CC(C)CC(=O)Nc1ccc(C(=O)N2CCCC[C@H]2C(=O)O)cc1F. The molecular weight excluding hydrogens is 327 g/mol. The molecule has 0 aliphatic carbocycles. The molecule has 0 saturated carbocycles. The lowest BCUT2D eigenvalue weighted by molar-refractivity contribution is -0.143. The summed E-state index contributed by atoms with van der Waals surface area (Å²) in [4.78, 5) is 36.9. The topological polar surface area (TPSA) is 86.7 Å². The highest BCUT2D eigenvalue weighted by molar-refractivity contribution is 5.98. The van der Waals surface area contributed by atoms with Gasteiger partial charge in [-0.2, -0.15) is 0 Å². The molecule has 1 aliphatic heterocycles. The van der Waals surface area contributed by atoms with E-state index >= 15 is 0 Å². The molecule has 1 aromatic carbocycles. The Hall–Kier alpha value is -2.44. The number of likely N-dealkylation sites (tertiary alicyclic amines) is 1. The van der Waals surface area contributed by atoms with Gasteiger partial charge in [-0.1, -0.05) is 13.8 Å². The lowest BCUT2D eigenvalue weighted by Gasteiger charge is -2.33. The predicted octanol–water partition coefficient (Wildman–Crippen LogP) is 2.89. The lowest BCUT2D eigenvalue weighted by Crippen LogP contribution is -2.48. The molecule has 25 heavy (non-hydrogen) atoms. The normalized spacial score (nSPS) is 17.4. The van der Waals surface area contributed by atoms with E-state index in [1.165, 1.54) is 17.0 Å². The van der Waals surface area contributed by atoms with Crippen LogP contribution in [0.4, 0.5) is 10.1 Å². The van der Waals surface area contributed by atoms with Crippen molar-refractivity contribution in [3.63, 3.8) is 0 Å². The number of amides is 2. The molecule has 0 unspecified atom stereocenters. The van der Waals surface area contributed by atoms with Crippen molar-refractivity contribution < 1.29 is 23.9 Å². The van der Waals surface area contributed by atoms with Crippen LogP contribution in [0, 0.1) is 11.7 Å². The zero-order chi connectivity index (χ0) is 18.6. The van der Waals surface area contributed by atoms with Gasteiger partial charge in [0.15, 0.2) is 0 Å². The largest absolute Gasteiger partial charge is 0.480 e. The van der Waals surface area contributed by atoms with Gasteiger partial charge < -0.3 is 15.3 Å². The first-order chi connectivity index (χ1) is 11.8. The van der Waals surface area contributed by atoms with Crippen LogP contribution in [0.1, 0.15) is 49.9 Å². The molecule has 6 nitrogen and oxygen atoms in total. The number of carboxylic acids is 1. The standard InChI is InChI=1S/C18H23FN2O4/c1-11(2)9-16(22)20-14-7-6-12(10-13(14)19)17(23)21-8-4-3-5-15(21)18(24)25/h6-7,10-11,15H,3-5,8-9H2,1-2H3,(H,20,22)(H,24,25)/t15-/m0/s1. The van der Waals surface area contributed by atoms with Crippen molar-refractivity contribution in [2.45, 2.75) is 45.6 Å². The number of aliphatic carboxylic acids is 1. The number of carbonyl (C=O) groups excluding carboxylic acids is 2. The van der Waals surface area contributed by atoms with E-state index < -0.39 is 23.7 Å². The van der Waals surface area contributed by atoms with Gasteiger partial charge in [-0.05, 0) is 43.4 Å². The van der Waals surface area contributed by atoms with Crippen LogP contribution in [0.15, 0.2) is 18.2 Å². The third-order valence-electron chi connectivity index (χ3n) is 4.13. The zero-order valence-corrected chi connectivity index (χ0v) is 14.4. The molecule has 1 aromatic rings. The molecule has 0 aromatic heterocycles. The molecule has 1 aliphatic rings. The predicted molar refractivity (Wildman–Crippen MR) is 90.8 cm³/mol. The van der Waals surface area contributed by atoms with Crippen LogP contribution in [0.5, 0.6) is 0 Å². The van der Waals surface area contributed by atoms with Gasteiger partial charge in [0, 0.05) is 18.5 Å². The van der Waals surface area contributed by atoms with Crippen molar-refractivity contribution in [1.29, 1.82) is 0 Å². The van der Waals surface area contributed by atoms with Crippen molar-refractivity contribution in [1.82, 2.24) is 4.90 Å². The molecule has 1 saturated heterocycles. The number of piperidine rings is 1. The molecule has 1 atom stereocenters. The Morgan fingerprint density at radius 1 is 1.32 bits per heavy atom. The summed E-state index contributed by atoms with van der Waals surface area (Å²) < 4.78 is 14.2. The molecule has 0 spiro atoms. The van der Waals surface area contributed by atoms with E-state index in [4.69, 9.17) is 0 Å². The molecule has 0 bridgehead atoms. The Balaban J connectivity index is 2.14. The first-order valence-electron chi connectivity index (χ1n) is 8.42. The van der Waals surface area contributed by atoms with Gasteiger partial charge in [0.1, 0.15) is 11.9 Å². The van der Waals surface area contributed by atoms with Gasteiger partial charge in [0.25, 0.3) is 5.91 Å². The van der Waals surface area contributed by atoms with Crippen molar-refractivity contribution in [3.05, 3.63) is 29.6 Å². The number of carbonyl (C=O) groups is 3. The summed E-state index contributed by atoms with van der Waals surface area (Å²) in [6.07, 6.45) is 2.14. The number of anilines is 1. The fourth-order valence-corrected chi connectivity index (χ4v) is 2.92. The summed E-state index contributed by atoms with van der Waals surface area (Å²) in [6.45, 7) is 4.11. The van der Waals surface area contributed by atoms with Gasteiger partial charge >= 0.3 is 5.97 Å². The average molecular weight is 350 g/mol. The number of benzene rings is 1. The highest BCUT2D eigenvalue weighted by Crippen LogP contribution is 2.22. The first-order valence-corrected chi connectivity index (χ1v) is 8.42. The zero-order valence-electron chi connectivity index (χ0n) is 14.4. The summed E-state index contributed by atoms with van der Waals surface area (Å²) in [5.41, 5.74) is 0.0862. The summed E-state index contributed by atoms with van der Waals surface area (Å²) >= 11 is 0. The summed E-state index contributed by atoms with van der Waals surface area (Å²) in [5, 5.41) is 11.7. The van der Waals surface area contributed by atoms with E-state index in [0.717, 1.165) is 18.9 Å². The minimum absolute atomic E-state index is 0.00984. The minimum Gasteiger partial charge on any atom is -0.480 e. The van der Waals surface area contributed by atoms with Gasteiger partial charge in [-0.25, -0.2) is 9.18 Å². The Morgan fingerprint density at radius 3 is 2.64 bits per heavy atom. The molecular formula is C18H23FN2O4. The Kier molecular flexibility index (Phi) is 6.12. The first kappa shape index (κ1) is 18.9. The average Bonchev–Trinajstić information content (AvgIpc) is 2.55. The summed E-state index contributed by atoms with van der Waals surface area (Å²) in [7, 11) is 0. The highest BCUT2D eigenvalue weighted by Gasteiger charge is 2.32. The number of nitrogens with one attached hydrogen (secondary N) is 1. The van der Waals surface area contributed by atoms with E-state index in [9.17, 15) is 23.9 Å². The fraction of sp³-hybridized carbons (Fsp3) is 0.500. The maximum Gasteiger partial charge on any atom is 0.326 e. The third kappa shape index (κ3) is 4.78. The van der Waals surface area contributed by atoms with Gasteiger partial charge in [0.2, 0.25) is 5.91 Å². The van der Waals surface area contributed by atoms with Crippen molar-refractivity contribution in [3.8, 4) is 0 Å². The molecule has 2 amide bonds. The van der Waals surface area contributed by atoms with Crippen LogP contribution in [0.25, 0.3) is 0 Å². The maximum absolute atomic E-state index is 14.2. The smallest absolute Gasteiger partial charge is 0.326 e. The molecule has 1 fully saturated rings. The van der Waals surface area contributed by atoms with Crippen LogP contribution in [-0.2, 0) is 9.59 Å². The van der Waals surface area contributed by atoms with Crippen LogP contribution in [0.2, 0.25) is 0 Å². The second kappa shape index (κ2) is 8.09. The molecule has 2 N–H and O–H groups in total. The van der Waals surface area contributed by atoms with Gasteiger partial charge in [0.05, 0.1) is 5.69 Å². The molecule has 2 rings (SSSR count). The highest BCUT2D eigenvalue weighted by atomic mass is 19.1. The monoisotopic (exact) mass is 350 g/mol. The minimum atomic E-state index is -1.05. The fourth-order valence-electron chi connectivity index (χ4n) is 2.92. The van der Waals surface area contributed by atoms with Crippen LogP contribution < -0.4 is 5.32 Å². The second-order valence-electron chi connectivity index (χ2n) is 6.69. The van der Waals surface area contributed by atoms with E-state index in [1.54, 1.807) is 0 Å². The number of carboxylic acid groups (broad SMARTS) is 1. The van der Waals surface area contributed by atoms with E-state index in [1.807, 2.05) is 13.8 Å². The van der Waals surface area contributed by atoms with E-state index in [0.29, 0.717) is 13.0 Å². The third-order valence-corrected chi connectivity index (χ3v) is 4.13. The Labute approximate surface area is 146 Å². The summed E-state index contributed by atoms with van der Waals surface area (Å²) in [6, 6.07) is 2.90. The quantitative estimate of drug-likeness (QED) is 0.855. The van der Waals surface area contributed by atoms with E-state index in [2.05, 4.69) is 5.32 Å². The van der Waals surface area contributed by atoms with Crippen LogP contribution >= 0.6 is 0 Å². The number of hydrogen-bond donors (Lipinski definition) is 2. The maximum atomic E-state index is 14.2. The summed E-state index contributed by atoms with van der Waals surface area (Å²) in [5.74, 6) is -2.42. The number of hydrogen-bond acceptors (Lipinski definition) is 3. The van der Waals surface area contributed by atoms with Gasteiger partial charge in [-0.3, -0.25) is 9.59 Å². The van der Waals surface area contributed by atoms with E-state index in [-0.39, 0.29) is 29.5 Å². The van der Waals surface area contributed by atoms with Crippen molar-refractivity contribution in [2.75, 3.05) is 11.9 Å². The number of rotatable bonds is 5. The van der Waals surface area contributed by atoms with Crippen LogP contribution in [-0.4, -0.2) is 40.4 Å². The van der Waals surface area contributed by atoms with Crippen LogP contribution in [0.3, 0.4) is 0 Å². The number of nitrogens with zero attached hydrogens (tertiary/aromatic N) is 1. The van der Waals surface area contributed by atoms with Gasteiger partial charge in [-0.15, -0.1) is 0 Å². The Morgan fingerprint density at radius 2 is 2.04 bits per heavy atom. The molecule has 1 heterocycles. The molecule has 7 heteroatoms. The Bertz CT molecular complexity index is 675. The number of halogens is 1. The van der Waals surface area contributed by atoms with Crippen molar-refractivity contribution in [2.24, 2.45) is 5.92 Å².